The Morgan fingerprint density at radius 2 is 1.85 bits per heavy atom. The van der Waals surface area contributed by atoms with Crippen LogP contribution in [0.5, 0.6) is 17.2 Å². The summed E-state index contributed by atoms with van der Waals surface area (Å²) in [7, 11) is 9.63. The molecular weight excluding hydrogens is 594 g/mol. The third-order valence-corrected chi connectivity index (χ3v) is 9.29. The van der Waals surface area contributed by atoms with E-state index < -0.39 is 23.8 Å². The van der Waals surface area contributed by atoms with Crippen LogP contribution in [0.3, 0.4) is 0 Å². The van der Waals surface area contributed by atoms with Gasteiger partial charge in [-0.15, -0.1) is 0 Å². The molecule has 3 heterocycles. The maximum atomic E-state index is 13.9. The highest BCUT2D eigenvalue weighted by Gasteiger charge is 2.48. The predicted molar refractivity (Wildman–Crippen MR) is 171 cm³/mol. The number of carbonyl (C=O) groups excluding carboxylic acids is 3. The van der Waals surface area contributed by atoms with Crippen molar-refractivity contribution < 1.29 is 43.0 Å². The fraction of sp³-hybridized carbons (Fsp3) is 0.697. The van der Waals surface area contributed by atoms with Crippen molar-refractivity contribution in [3.8, 4) is 17.2 Å². The average molecular weight is 647 g/mol. The van der Waals surface area contributed by atoms with Gasteiger partial charge < -0.3 is 33.6 Å². The van der Waals surface area contributed by atoms with Gasteiger partial charge in [0.05, 0.1) is 47.3 Å². The normalized spacial score (nSPS) is 21.7. The van der Waals surface area contributed by atoms with E-state index in [1.807, 2.05) is 9.80 Å². The molecule has 0 bridgehead atoms. The van der Waals surface area contributed by atoms with Crippen LogP contribution in [0, 0.1) is 5.92 Å². The summed E-state index contributed by atoms with van der Waals surface area (Å²) in [5, 5.41) is 10.6. The van der Waals surface area contributed by atoms with Crippen LogP contribution in [-0.4, -0.2) is 147 Å². The number of imide groups is 1. The highest BCUT2D eigenvalue weighted by Crippen LogP contribution is 2.47. The molecule has 2 saturated heterocycles. The first-order valence-electron chi connectivity index (χ1n) is 16.4. The molecule has 1 N–H and O–H groups in total. The number of likely N-dealkylation sites (tertiary alicyclic amines) is 1. The summed E-state index contributed by atoms with van der Waals surface area (Å²) < 4.78 is 17.6. The molecule has 0 radical (unpaired) electrons. The maximum absolute atomic E-state index is 13.9. The van der Waals surface area contributed by atoms with E-state index in [4.69, 9.17) is 14.2 Å². The number of carboxylic acid groups (broad SMARTS) is 1. The molecule has 2 fully saturated rings. The van der Waals surface area contributed by atoms with Gasteiger partial charge in [-0.2, -0.15) is 0 Å². The molecule has 1 aromatic carbocycles. The quantitative estimate of drug-likeness (QED) is 0.213. The summed E-state index contributed by atoms with van der Waals surface area (Å²) in [5.41, 5.74) is 0.710. The lowest BCUT2D eigenvalue weighted by atomic mass is 9.84. The molecular formula is C33H52N5O8+. The number of ether oxygens (including phenoxy) is 3. The van der Waals surface area contributed by atoms with Crippen LogP contribution < -0.4 is 14.2 Å². The van der Waals surface area contributed by atoms with E-state index in [2.05, 4.69) is 28.1 Å². The van der Waals surface area contributed by atoms with Gasteiger partial charge in [-0.05, 0) is 43.4 Å². The number of fused-ring (bicyclic) bond motifs is 1. The van der Waals surface area contributed by atoms with E-state index in [0.29, 0.717) is 49.0 Å². The molecule has 13 heteroatoms. The number of urea groups is 1. The fourth-order valence-electron chi connectivity index (χ4n) is 6.72. The highest BCUT2D eigenvalue weighted by molar-refractivity contribution is 5.96. The van der Waals surface area contributed by atoms with Gasteiger partial charge in [0.25, 0.3) is 0 Å². The molecule has 1 aromatic rings. The third-order valence-electron chi connectivity index (χ3n) is 9.29. The van der Waals surface area contributed by atoms with E-state index in [0.717, 1.165) is 36.7 Å². The molecule has 1 unspecified atom stereocenters. The van der Waals surface area contributed by atoms with Crippen LogP contribution in [0.2, 0.25) is 0 Å². The summed E-state index contributed by atoms with van der Waals surface area (Å²) in [5.74, 6) is -1.30. The number of carbonyl (C=O) groups is 4. The van der Waals surface area contributed by atoms with Crippen molar-refractivity contribution in [3.63, 3.8) is 0 Å². The molecule has 0 saturated carbocycles. The smallest absolute Gasteiger partial charge is 0.326 e. The second kappa shape index (κ2) is 15.3. The molecule has 4 rings (SSSR count). The summed E-state index contributed by atoms with van der Waals surface area (Å²) in [6.45, 7) is 5.22. The van der Waals surface area contributed by atoms with Gasteiger partial charge in [0, 0.05) is 58.2 Å². The van der Waals surface area contributed by atoms with Crippen molar-refractivity contribution in [1.82, 2.24) is 19.6 Å². The molecule has 3 atom stereocenters. The van der Waals surface area contributed by atoms with E-state index in [-0.39, 0.29) is 50.6 Å². The summed E-state index contributed by atoms with van der Waals surface area (Å²) in [6, 6.07) is 2.59. The lowest BCUT2D eigenvalue weighted by molar-refractivity contribution is -0.870. The SMILES string of the molecule is CCCCN(CCCC[N+](C)(C)C)C(=O)CN1C[C@H](c2cc(OC)c3c(c2)OCO3)C(C(=O)O)[C@@H]1CCN1C(=O)CCN(C)C1=O. The first kappa shape index (κ1) is 35.3. The van der Waals surface area contributed by atoms with Crippen molar-refractivity contribution in [3.05, 3.63) is 17.7 Å². The molecule has 46 heavy (non-hydrogen) atoms. The zero-order valence-electron chi connectivity index (χ0n) is 28.3. The molecule has 0 aromatic heterocycles. The zero-order valence-corrected chi connectivity index (χ0v) is 28.3. The Labute approximate surface area is 272 Å². The number of methoxy groups -OCH3 is 1. The number of rotatable bonds is 16. The summed E-state index contributed by atoms with van der Waals surface area (Å²) >= 11 is 0. The third kappa shape index (κ3) is 8.41. The summed E-state index contributed by atoms with van der Waals surface area (Å²) in [4.78, 5) is 59.1. The van der Waals surface area contributed by atoms with Crippen LogP contribution >= 0.6 is 0 Å². The summed E-state index contributed by atoms with van der Waals surface area (Å²) in [6.07, 6.45) is 4.17. The molecule has 4 amide bonds. The minimum atomic E-state index is -1.00. The number of hydrogen-bond acceptors (Lipinski definition) is 8. The standard InChI is InChI=1S/C33H51N5O8/c1-7-8-13-35(14-9-10-17-38(3,4)5)29(40)21-36-20-24(23-18-26(44-6)31-27(19-23)45-22-46-31)30(32(41)42)25(36)11-16-37-28(39)12-15-34(2)33(37)43/h18-19,24-25,30H,7-17,20-22H2,1-6H3/p+1/t24-,25+,30?/m1/s1. The van der Waals surface area contributed by atoms with Crippen molar-refractivity contribution in [2.75, 3.05) is 87.9 Å². The van der Waals surface area contributed by atoms with Crippen molar-refractivity contribution in [2.24, 2.45) is 5.92 Å². The second-order valence-corrected chi connectivity index (χ2v) is 13.7. The number of carboxylic acids is 1. The Bertz CT molecular complexity index is 1270. The predicted octanol–water partition coefficient (Wildman–Crippen LogP) is 2.68. The number of nitrogens with zero attached hydrogens (tertiary/aromatic N) is 5. The molecule has 256 valence electrons. The van der Waals surface area contributed by atoms with Crippen LogP contribution in [0.4, 0.5) is 4.79 Å². The number of benzene rings is 1. The van der Waals surface area contributed by atoms with Gasteiger partial charge in [-0.1, -0.05) is 13.3 Å². The largest absolute Gasteiger partial charge is 0.493 e. The van der Waals surface area contributed by atoms with E-state index in [1.165, 1.54) is 16.9 Å². The van der Waals surface area contributed by atoms with Gasteiger partial charge in [-0.25, -0.2) is 4.79 Å². The Hall–Kier alpha value is -3.58. The van der Waals surface area contributed by atoms with E-state index in [1.54, 1.807) is 19.2 Å². The zero-order chi connectivity index (χ0) is 33.6. The molecule has 0 spiro atoms. The lowest BCUT2D eigenvalue weighted by Crippen LogP contribution is -2.52. The first-order chi connectivity index (χ1) is 21.8. The molecule has 0 aliphatic carbocycles. The van der Waals surface area contributed by atoms with Gasteiger partial charge in [0.15, 0.2) is 11.5 Å². The van der Waals surface area contributed by atoms with Crippen LogP contribution in [-0.2, 0) is 14.4 Å². The Balaban J connectivity index is 1.60. The van der Waals surface area contributed by atoms with Crippen LogP contribution in [0.25, 0.3) is 0 Å². The monoisotopic (exact) mass is 646 g/mol. The minimum absolute atomic E-state index is 0.0402. The van der Waals surface area contributed by atoms with E-state index >= 15 is 0 Å². The number of amides is 4. The minimum Gasteiger partial charge on any atom is -0.493 e. The average Bonchev–Trinajstić information content (AvgIpc) is 3.62. The molecule has 3 aliphatic heterocycles. The molecule has 3 aliphatic rings. The number of quaternary nitrogens is 1. The van der Waals surface area contributed by atoms with Crippen molar-refractivity contribution in [2.45, 2.75) is 57.4 Å². The van der Waals surface area contributed by atoms with E-state index in [9.17, 15) is 24.3 Å². The van der Waals surface area contributed by atoms with Crippen molar-refractivity contribution in [1.29, 1.82) is 0 Å². The Morgan fingerprint density at radius 1 is 1.11 bits per heavy atom. The Morgan fingerprint density at radius 3 is 2.52 bits per heavy atom. The van der Waals surface area contributed by atoms with Crippen molar-refractivity contribution >= 4 is 23.8 Å². The highest BCUT2D eigenvalue weighted by atomic mass is 16.7. The number of unbranched alkanes of at least 4 members (excludes halogenated alkanes) is 2. The van der Waals surface area contributed by atoms with Crippen LogP contribution in [0.1, 0.15) is 56.9 Å². The van der Waals surface area contributed by atoms with Crippen LogP contribution in [0.15, 0.2) is 12.1 Å². The molecule has 13 nitrogen and oxygen atoms in total. The van der Waals surface area contributed by atoms with Gasteiger partial charge in [0.1, 0.15) is 0 Å². The van der Waals surface area contributed by atoms with Gasteiger partial charge in [-0.3, -0.25) is 24.2 Å². The topological polar surface area (TPSA) is 129 Å². The maximum Gasteiger partial charge on any atom is 0.326 e. The fourth-order valence-corrected chi connectivity index (χ4v) is 6.72. The lowest BCUT2D eigenvalue weighted by Gasteiger charge is -2.34. The number of hydrogen-bond donors (Lipinski definition) is 1. The van der Waals surface area contributed by atoms with Gasteiger partial charge in [0.2, 0.25) is 24.4 Å². The Kier molecular flexibility index (Phi) is 11.8. The first-order valence-corrected chi connectivity index (χ1v) is 16.4. The second-order valence-electron chi connectivity index (χ2n) is 13.7. The van der Waals surface area contributed by atoms with Gasteiger partial charge >= 0.3 is 12.0 Å². The number of aliphatic carboxylic acids is 1.